The molecule has 170 valence electrons. The highest BCUT2D eigenvalue weighted by Gasteiger charge is 2.23. The maximum Gasteiger partial charge on any atom is 0.322 e. The van der Waals surface area contributed by atoms with Gasteiger partial charge in [0.05, 0.1) is 10.6 Å². The van der Waals surface area contributed by atoms with Crippen LogP contribution >= 0.6 is 11.8 Å². The smallest absolute Gasteiger partial charge is 0.322 e. The van der Waals surface area contributed by atoms with E-state index < -0.39 is 15.9 Å². The lowest BCUT2D eigenvalue weighted by Crippen LogP contribution is -2.31. The fourth-order valence-corrected chi connectivity index (χ4v) is 5.15. The summed E-state index contributed by atoms with van der Waals surface area (Å²) in [5.74, 6) is 0.409. The first-order valence-electron chi connectivity index (χ1n) is 10.4. The van der Waals surface area contributed by atoms with E-state index in [0.29, 0.717) is 30.3 Å². The molecule has 0 aliphatic carbocycles. The molecule has 10 heteroatoms. The topological polar surface area (TPSA) is 105 Å². The minimum atomic E-state index is -3.59. The van der Waals surface area contributed by atoms with Gasteiger partial charge in [-0.3, -0.25) is 10.1 Å². The van der Waals surface area contributed by atoms with Crippen molar-refractivity contribution in [3.63, 3.8) is 0 Å². The fourth-order valence-electron chi connectivity index (χ4n) is 2.90. The van der Waals surface area contributed by atoms with Crippen LogP contribution < -0.4 is 5.32 Å². The minimum absolute atomic E-state index is 0.00733. The van der Waals surface area contributed by atoms with Crippen molar-refractivity contribution < 1.29 is 17.6 Å². The van der Waals surface area contributed by atoms with Crippen molar-refractivity contribution in [1.82, 2.24) is 14.5 Å². The average molecular weight is 475 g/mol. The molecule has 3 rings (SSSR count). The summed E-state index contributed by atoms with van der Waals surface area (Å²) >= 11 is 1.55. The van der Waals surface area contributed by atoms with Gasteiger partial charge in [-0.05, 0) is 42.8 Å². The molecule has 1 N–H and O–H groups in total. The Bertz CT molecular complexity index is 1120. The van der Waals surface area contributed by atoms with Gasteiger partial charge < -0.3 is 4.42 Å². The summed E-state index contributed by atoms with van der Waals surface area (Å²) in [6.07, 6.45) is 1.71. The molecule has 0 spiro atoms. The Kier molecular flexibility index (Phi) is 8.43. The molecular weight excluding hydrogens is 448 g/mol. The van der Waals surface area contributed by atoms with E-state index in [0.717, 1.165) is 17.7 Å². The van der Waals surface area contributed by atoms with Crippen LogP contribution in [0.5, 0.6) is 0 Å². The summed E-state index contributed by atoms with van der Waals surface area (Å²) < 4.78 is 32.5. The van der Waals surface area contributed by atoms with E-state index in [2.05, 4.69) is 15.5 Å². The molecule has 0 atom stereocenters. The van der Waals surface area contributed by atoms with Gasteiger partial charge >= 0.3 is 6.01 Å². The van der Waals surface area contributed by atoms with E-state index in [4.69, 9.17) is 4.42 Å². The Morgan fingerprint density at radius 3 is 2.44 bits per heavy atom. The quantitative estimate of drug-likeness (QED) is 0.410. The average Bonchev–Trinajstić information content (AvgIpc) is 3.26. The summed E-state index contributed by atoms with van der Waals surface area (Å²) in [4.78, 5) is 13.7. The number of benzene rings is 2. The third-order valence-electron chi connectivity index (χ3n) is 4.66. The predicted octanol–water partition coefficient (Wildman–Crippen LogP) is 4.42. The van der Waals surface area contributed by atoms with Crippen molar-refractivity contribution in [3.05, 3.63) is 66.1 Å². The first-order valence-corrected chi connectivity index (χ1v) is 12.8. The lowest BCUT2D eigenvalue weighted by atomic mass is 10.2. The van der Waals surface area contributed by atoms with Crippen LogP contribution in [-0.4, -0.2) is 41.9 Å². The van der Waals surface area contributed by atoms with Crippen LogP contribution in [0.3, 0.4) is 0 Å². The third-order valence-corrected chi connectivity index (χ3v) is 7.65. The van der Waals surface area contributed by atoms with Gasteiger partial charge in [0.25, 0.3) is 5.91 Å². The van der Waals surface area contributed by atoms with E-state index in [9.17, 15) is 13.2 Å². The second-order valence-corrected chi connectivity index (χ2v) is 9.92. The molecule has 0 fully saturated rings. The van der Waals surface area contributed by atoms with Crippen molar-refractivity contribution in [3.8, 4) is 0 Å². The number of carbonyl (C=O) groups is 1. The van der Waals surface area contributed by atoms with Gasteiger partial charge in [0, 0.05) is 23.5 Å². The summed E-state index contributed by atoms with van der Waals surface area (Å²) in [6, 6.07) is 15.6. The molecule has 0 radical (unpaired) electrons. The number of hydrogen-bond donors (Lipinski definition) is 1. The van der Waals surface area contributed by atoms with E-state index in [1.54, 1.807) is 11.8 Å². The summed E-state index contributed by atoms with van der Waals surface area (Å²) in [7, 11) is -3.59. The molecule has 1 heterocycles. The molecule has 0 aliphatic heterocycles. The SMILES string of the molecule is CCCCN(CC)S(=O)(=O)c1ccc(C(=O)Nc2nnc(CSc3ccccc3)o2)cc1. The second-order valence-electron chi connectivity index (χ2n) is 6.93. The number of amides is 1. The molecule has 0 bridgehead atoms. The van der Waals surface area contributed by atoms with Gasteiger partial charge in [-0.1, -0.05) is 43.6 Å². The van der Waals surface area contributed by atoms with Gasteiger partial charge in [-0.15, -0.1) is 16.9 Å². The van der Waals surface area contributed by atoms with Crippen LogP contribution in [0.15, 0.2) is 68.8 Å². The monoisotopic (exact) mass is 474 g/mol. The van der Waals surface area contributed by atoms with Gasteiger partial charge in [0.2, 0.25) is 15.9 Å². The largest absolute Gasteiger partial charge is 0.407 e. The van der Waals surface area contributed by atoms with Crippen molar-refractivity contribution in [1.29, 1.82) is 0 Å². The highest BCUT2D eigenvalue weighted by atomic mass is 32.2. The van der Waals surface area contributed by atoms with Crippen LogP contribution in [0.25, 0.3) is 0 Å². The van der Waals surface area contributed by atoms with Gasteiger partial charge in [0.1, 0.15) is 0 Å². The number of aromatic nitrogens is 2. The Labute approximate surface area is 192 Å². The number of rotatable bonds is 11. The highest BCUT2D eigenvalue weighted by molar-refractivity contribution is 7.98. The van der Waals surface area contributed by atoms with Crippen LogP contribution in [-0.2, 0) is 15.8 Å². The number of unbranched alkanes of at least 4 members (excludes halogenated alkanes) is 1. The van der Waals surface area contributed by atoms with E-state index in [1.165, 1.54) is 28.6 Å². The number of carbonyl (C=O) groups excluding carboxylic acids is 1. The molecule has 0 saturated carbocycles. The molecule has 1 aromatic heterocycles. The van der Waals surface area contributed by atoms with Crippen molar-refractivity contribution in [2.45, 2.75) is 42.2 Å². The maximum absolute atomic E-state index is 12.8. The Hall–Kier alpha value is -2.69. The van der Waals surface area contributed by atoms with Crippen molar-refractivity contribution in [2.75, 3.05) is 18.4 Å². The standard InChI is InChI=1S/C22H26N4O4S2/c1-3-5-15-26(4-2)32(28,29)19-13-11-17(12-14-19)21(27)23-22-25-24-20(30-22)16-31-18-9-7-6-8-10-18/h6-14H,3-5,15-16H2,1-2H3,(H,23,25,27). The number of anilines is 1. The molecule has 0 aliphatic rings. The normalized spacial score (nSPS) is 11.6. The zero-order valence-corrected chi connectivity index (χ0v) is 19.7. The van der Waals surface area contributed by atoms with Crippen LogP contribution in [0.1, 0.15) is 42.9 Å². The number of nitrogens with one attached hydrogen (secondary N) is 1. The van der Waals surface area contributed by atoms with Crippen molar-refractivity contribution in [2.24, 2.45) is 0 Å². The lowest BCUT2D eigenvalue weighted by molar-refractivity contribution is 0.102. The first-order chi connectivity index (χ1) is 15.4. The second kappa shape index (κ2) is 11.3. The highest BCUT2D eigenvalue weighted by Crippen LogP contribution is 2.22. The summed E-state index contributed by atoms with van der Waals surface area (Å²) in [6.45, 7) is 4.70. The van der Waals surface area contributed by atoms with Crippen LogP contribution in [0.4, 0.5) is 6.01 Å². The number of sulfonamides is 1. The van der Waals surface area contributed by atoms with Gasteiger partial charge in [-0.2, -0.15) is 4.31 Å². The molecular formula is C22H26N4O4S2. The number of nitrogens with zero attached hydrogens (tertiary/aromatic N) is 3. The Morgan fingerprint density at radius 2 is 1.78 bits per heavy atom. The van der Waals surface area contributed by atoms with E-state index >= 15 is 0 Å². The zero-order valence-electron chi connectivity index (χ0n) is 18.0. The molecule has 1 amide bonds. The minimum Gasteiger partial charge on any atom is -0.407 e. The summed E-state index contributed by atoms with van der Waals surface area (Å²) in [5, 5.41) is 10.3. The zero-order chi connectivity index (χ0) is 23.0. The Morgan fingerprint density at radius 1 is 1.06 bits per heavy atom. The van der Waals surface area contributed by atoms with Gasteiger partial charge in [-0.25, -0.2) is 8.42 Å². The predicted molar refractivity (Wildman–Crippen MR) is 124 cm³/mol. The molecule has 0 saturated heterocycles. The molecule has 0 unspecified atom stereocenters. The van der Waals surface area contributed by atoms with E-state index in [1.807, 2.05) is 44.2 Å². The fraction of sp³-hybridized carbons (Fsp3) is 0.318. The molecule has 3 aromatic rings. The van der Waals surface area contributed by atoms with Gasteiger partial charge in [0.15, 0.2) is 0 Å². The lowest BCUT2D eigenvalue weighted by Gasteiger charge is -2.20. The first kappa shape index (κ1) is 24.0. The molecule has 8 nitrogen and oxygen atoms in total. The number of thioether (sulfide) groups is 1. The summed E-state index contributed by atoms with van der Waals surface area (Å²) in [5.41, 5.74) is 0.291. The third kappa shape index (κ3) is 6.18. The molecule has 32 heavy (non-hydrogen) atoms. The van der Waals surface area contributed by atoms with E-state index in [-0.39, 0.29) is 10.9 Å². The number of hydrogen-bond acceptors (Lipinski definition) is 7. The molecule has 2 aromatic carbocycles. The maximum atomic E-state index is 12.8. The van der Waals surface area contributed by atoms with Crippen LogP contribution in [0, 0.1) is 0 Å². The van der Waals surface area contributed by atoms with Crippen LogP contribution in [0.2, 0.25) is 0 Å². The van der Waals surface area contributed by atoms with Crippen molar-refractivity contribution >= 4 is 33.7 Å². The Balaban J connectivity index is 1.61.